The van der Waals surface area contributed by atoms with Crippen molar-refractivity contribution in [3.63, 3.8) is 0 Å². The van der Waals surface area contributed by atoms with Gasteiger partial charge in [0.1, 0.15) is 12.6 Å². The first-order valence-electron chi connectivity index (χ1n) is 9.72. The van der Waals surface area contributed by atoms with Crippen LogP contribution in [0.4, 0.5) is 13.6 Å². The highest BCUT2D eigenvalue weighted by Crippen LogP contribution is 2.44. The average molecular weight is 423 g/mol. The summed E-state index contributed by atoms with van der Waals surface area (Å²) < 4.78 is 31.8. The summed E-state index contributed by atoms with van der Waals surface area (Å²) in [5, 5.41) is 11.7. The number of carboxylic acid groups (broad SMARTS) is 1. The van der Waals surface area contributed by atoms with E-state index in [1.54, 1.807) is 0 Å². The quantitative estimate of drug-likeness (QED) is 0.612. The minimum atomic E-state index is -1.35. The summed E-state index contributed by atoms with van der Waals surface area (Å²) in [5.41, 5.74) is 4.47. The maximum absolute atomic E-state index is 13.4. The molecule has 0 bridgehead atoms. The number of fused-ring (bicyclic) bond motifs is 3. The molecule has 3 aromatic carbocycles. The molecule has 7 heteroatoms. The van der Waals surface area contributed by atoms with Crippen molar-refractivity contribution in [3.8, 4) is 11.1 Å². The molecule has 2 N–H and O–H groups in total. The van der Waals surface area contributed by atoms with Crippen LogP contribution in [0.5, 0.6) is 0 Å². The number of aliphatic carboxylic acids is 1. The van der Waals surface area contributed by atoms with Gasteiger partial charge in [0, 0.05) is 12.3 Å². The highest BCUT2D eigenvalue weighted by Gasteiger charge is 2.29. The third kappa shape index (κ3) is 4.26. The van der Waals surface area contributed by atoms with Crippen LogP contribution in [0, 0.1) is 11.6 Å². The van der Waals surface area contributed by atoms with Crippen molar-refractivity contribution in [3.05, 3.63) is 95.1 Å². The van der Waals surface area contributed by atoms with Gasteiger partial charge in [0.05, 0.1) is 0 Å². The van der Waals surface area contributed by atoms with Gasteiger partial charge in [-0.15, -0.1) is 0 Å². The number of benzene rings is 3. The SMILES string of the molecule is O=C(N[C@H](Cc1ccc(F)c(F)c1)C(=O)O)OCC1c2ccccc2-c2ccccc21. The number of alkyl carbamates (subject to hydrolysis) is 1. The third-order valence-corrected chi connectivity index (χ3v) is 5.36. The van der Waals surface area contributed by atoms with Crippen LogP contribution in [0.15, 0.2) is 66.7 Å². The summed E-state index contributed by atoms with van der Waals surface area (Å²) in [6.07, 6.45) is -1.10. The largest absolute Gasteiger partial charge is 0.480 e. The zero-order chi connectivity index (χ0) is 22.0. The minimum absolute atomic E-state index is 0.0391. The number of carbonyl (C=O) groups excluding carboxylic acids is 1. The monoisotopic (exact) mass is 423 g/mol. The second kappa shape index (κ2) is 8.55. The Kier molecular flexibility index (Phi) is 5.66. The van der Waals surface area contributed by atoms with Crippen molar-refractivity contribution in [2.45, 2.75) is 18.4 Å². The first-order chi connectivity index (χ1) is 14.9. The van der Waals surface area contributed by atoms with E-state index in [0.717, 1.165) is 34.4 Å². The van der Waals surface area contributed by atoms with Crippen molar-refractivity contribution in [1.29, 1.82) is 0 Å². The fourth-order valence-corrected chi connectivity index (χ4v) is 3.88. The van der Waals surface area contributed by atoms with Gasteiger partial charge in [0.2, 0.25) is 0 Å². The van der Waals surface area contributed by atoms with Crippen LogP contribution in [0.2, 0.25) is 0 Å². The Labute approximate surface area is 177 Å². The second-order valence-corrected chi connectivity index (χ2v) is 7.31. The molecular weight excluding hydrogens is 404 g/mol. The van der Waals surface area contributed by atoms with Crippen molar-refractivity contribution < 1.29 is 28.2 Å². The molecule has 1 atom stereocenters. The molecule has 0 saturated carbocycles. The molecule has 1 amide bonds. The Bertz CT molecular complexity index is 1100. The van der Waals surface area contributed by atoms with Crippen LogP contribution in [0.3, 0.4) is 0 Å². The molecule has 0 unspecified atom stereocenters. The summed E-state index contributed by atoms with van der Waals surface area (Å²) in [6.45, 7) is 0.0391. The van der Waals surface area contributed by atoms with Gasteiger partial charge in [-0.05, 0) is 39.9 Å². The molecule has 1 aliphatic rings. The van der Waals surface area contributed by atoms with E-state index in [-0.39, 0.29) is 24.5 Å². The van der Waals surface area contributed by atoms with E-state index in [1.807, 2.05) is 48.5 Å². The molecule has 0 fully saturated rings. The third-order valence-electron chi connectivity index (χ3n) is 5.36. The number of nitrogens with one attached hydrogen (secondary N) is 1. The molecule has 0 aliphatic heterocycles. The highest BCUT2D eigenvalue weighted by molar-refractivity contribution is 5.81. The number of rotatable bonds is 6. The number of carbonyl (C=O) groups is 2. The Morgan fingerprint density at radius 2 is 1.55 bits per heavy atom. The van der Waals surface area contributed by atoms with E-state index in [1.165, 1.54) is 6.07 Å². The molecule has 158 valence electrons. The maximum Gasteiger partial charge on any atom is 0.407 e. The fraction of sp³-hybridized carbons (Fsp3) is 0.167. The number of hydrogen-bond acceptors (Lipinski definition) is 3. The summed E-state index contributed by atoms with van der Waals surface area (Å²) in [4.78, 5) is 23.9. The van der Waals surface area contributed by atoms with Crippen LogP contribution in [-0.2, 0) is 16.0 Å². The normalized spacial score (nSPS) is 13.2. The van der Waals surface area contributed by atoms with Gasteiger partial charge in [-0.1, -0.05) is 54.6 Å². The topological polar surface area (TPSA) is 75.6 Å². The van der Waals surface area contributed by atoms with E-state index in [4.69, 9.17) is 4.74 Å². The first-order valence-corrected chi connectivity index (χ1v) is 9.72. The predicted octanol–water partition coefficient (Wildman–Crippen LogP) is 4.50. The van der Waals surface area contributed by atoms with Gasteiger partial charge in [-0.3, -0.25) is 0 Å². The highest BCUT2D eigenvalue weighted by atomic mass is 19.2. The lowest BCUT2D eigenvalue weighted by Gasteiger charge is -2.17. The zero-order valence-corrected chi connectivity index (χ0v) is 16.3. The van der Waals surface area contributed by atoms with Crippen molar-refractivity contribution in [2.75, 3.05) is 6.61 Å². The van der Waals surface area contributed by atoms with Crippen LogP contribution >= 0.6 is 0 Å². The van der Waals surface area contributed by atoms with Gasteiger partial charge < -0.3 is 15.2 Å². The molecule has 0 aromatic heterocycles. The van der Waals surface area contributed by atoms with Crippen LogP contribution < -0.4 is 5.32 Å². The van der Waals surface area contributed by atoms with E-state index in [0.29, 0.717) is 0 Å². The average Bonchev–Trinajstić information content (AvgIpc) is 3.08. The van der Waals surface area contributed by atoms with Gasteiger partial charge in [-0.25, -0.2) is 18.4 Å². The molecule has 0 radical (unpaired) electrons. The Balaban J connectivity index is 1.43. The molecule has 4 rings (SSSR count). The molecule has 0 heterocycles. The summed E-state index contributed by atoms with van der Waals surface area (Å²) >= 11 is 0. The van der Waals surface area contributed by atoms with Gasteiger partial charge >= 0.3 is 12.1 Å². The lowest BCUT2D eigenvalue weighted by molar-refractivity contribution is -0.139. The molecule has 0 spiro atoms. The molecule has 1 aliphatic carbocycles. The van der Waals surface area contributed by atoms with Gasteiger partial charge in [0.25, 0.3) is 0 Å². The lowest BCUT2D eigenvalue weighted by atomic mass is 9.98. The van der Waals surface area contributed by atoms with E-state index < -0.39 is 29.7 Å². The second-order valence-electron chi connectivity index (χ2n) is 7.31. The first kappa shape index (κ1) is 20.5. The number of hydrogen-bond donors (Lipinski definition) is 2. The molecule has 5 nitrogen and oxygen atoms in total. The van der Waals surface area contributed by atoms with Gasteiger partial charge in [-0.2, -0.15) is 0 Å². The predicted molar refractivity (Wildman–Crippen MR) is 110 cm³/mol. The summed E-state index contributed by atoms with van der Waals surface area (Å²) in [7, 11) is 0. The van der Waals surface area contributed by atoms with E-state index in [9.17, 15) is 23.5 Å². The number of ether oxygens (including phenoxy) is 1. The van der Waals surface area contributed by atoms with Crippen molar-refractivity contribution in [1.82, 2.24) is 5.32 Å². The molecule has 31 heavy (non-hydrogen) atoms. The van der Waals surface area contributed by atoms with Crippen molar-refractivity contribution >= 4 is 12.1 Å². The maximum atomic E-state index is 13.4. The summed E-state index contributed by atoms with van der Waals surface area (Å²) in [6, 6.07) is 17.4. The van der Waals surface area contributed by atoms with E-state index in [2.05, 4.69) is 5.32 Å². The standard InChI is InChI=1S/C24H19F2NO4/c25-20-10-9-14(11-21(20)26)12-22(23(28)29)27-24(30)31-13-19-17-7-3-1-5-15(17)16-6-2-4-8-18(16)19/h1-11,19,22H,12-13H2,(H,27,30)(H,28,29)/t22-/m1/s1. The van der Waals surface area contributed by atoms with Gasteiger partial charge in [0.15, 0.2) is 11.6 Å². The number of carboxylic acids is 1. The summed E-state index contributed by atoms with van der Waals surface area (Å²) in [5.74, 6) is -3.58. The Morgan fingerprint density at radius 1 is 0.935 bits per heavy atom. The minimum Gasteiger partial charge on any atom is -0.480 e. The van der Waals surface area contributed by atoms with Crippen LogP contribution in [0.1, 0.15) is 22.6 Å². The molecular formula is C24H19F2NO4. The number of halogens is 2. The Morgan fingerprint density at radius 3 is 2.13 bits per heavy atom. The van der Waals surface area contributed by atoms with Crippen molar-refractivity contribution in [2.24, 2.45) is 0 Å². The van der Waals surface area contributed by atoms with Crippen LogP contribution in [-0.4, -0.2) is 29.8 Å². The molecule has 3 aromatic rings. The van der Waals surface area contributed by atoms with Crippen LogP contribution in [0.25, 0.3) is 11.1 Å². The fourth-order valence-electron chi connectivity index (χ4n) is 3.88. The lowest BCUT2D eigenvalue weighted by Crippen LogP contribution is -2.42. The van der Waals surface area contributed by atoms with E-state index >= 15 is 0 Å². The Hall–Kier alpha value is -3.74. The number of amides is 1. The smallest absolute Gasteiger partial charge is 0.407 e. The molecule has 0 saturated heterocycles. The zero-order valence-electron chi connectivity index (χ0n) is 16.3.